The third-order valence-corrected chi connectivity index (χ3v) is 4.26. The number of anilines is 1. The number of amides is 2. The molecule has 1 aromatic carbocycles. The fourth-order valence-corrected chi connectivity index (χ4v) is 2.80. The van der Waals surface area contributed by atoms with E-state index in [-0.39, 0.29) is 6.03 Å². The molecule has 0 aliphatic carbocycles. The van der Waals surface area contributed by atoms with Gasteiger partial charge in [-0.1, -0.05) is 5.16 Å². The number of carbonyl (C=O) groups excluding carboxylic acids is 1. The summed E-state index contributed by atoms with van der Waals surface area (Å²) in [5, 5.41) is 6.72. The van der Waals surface area contributed by atoms with Gasteiger partial charge in [0.1, 0.15) is 22.9 Å². The highest BCUT2D eigenvalue weighted by atomic mass is 16.5. The van der Waals surface area contributed by atoms with E-state index in [0.717, 1.165) is 22.6 Å². The first-order valence-electron chi connectivity index (χ1n) is 8.14. The fraction of sp³-hybridized carbons (Fsp3) is 0.444. The molecule has 0 atom stereocenters. The van der Waals surface area contributed by atoms with Crippen molar-refractivity contribution >= 4 is 11.8 Å². The number of rotatable bonds is 2. The zero-order valence-corrected chi connectivity index (χ0v) is 15.2. The summed E-state index contributed by atoms with van der Waals surface area (Å²) in [6.07, 6.45) is 0. The molecule has 1 aromatic heterocycles. The predicted molar refractivity (Wildman–Crippen MR) is 93.1 cm³/mol. The maximum Gasteiger partial charge on any atom is 0.323 e. The number of hydrogen-bond donors (Lipinski definition) is 1. The zero-order valence-electron chi connectivity index (χ0n) is 15.2. The summed E-state index contributed by atoms with van der Waals surface area (Å²) in [5.41, 5.74) is 1.21. The van der Waals surface area contributed by atoms with E-state index in [1.54, 1.807) is 12.0 Å². The van der Waals surface area contributed by atoms with Gasteiger partial charge in [0.2, 0.25) is 0 Å². The fourth-order valence-electron chi connectivity index (χ4n) is 2.80. The Balaban J connectivity index is 1.85. The average molecular weight is 345 g/mol. The van der Waals surface area contributed by atoms with Gasteiger partial charge in [-0.05, 0) is 39.8 Å². The van der Waals surface area contributed by atoms with Crippen molar-refractivity contribution in [3.05, 3.63) is 35.1 Å². The number of nitrogens with zero attached hydrogens (tertiary/aromatic N) is 2. The van der Waals surface area contributed by atoms with Crippen molar-refractivity contribution in [1.82, 2.24) is 10.1 Å². The summed E-state index contributed by atoms with van der Waals surface area (Å²) < 4.78 is 16.5. The number of aromatic nitrogens is 1. The topological polar surface area (TPSA) is 76.8 Å². The number of hydrogen-bond acceptors (Lipinski definition) is 5. The number of urea groups is 1. The number of methoxy groups -OCH3 is 1. The maximum absolute atomic E-state index is 12.8. The van der Waals surface area contributed by atoms with Gasteiger partial charge in [-0.3, -0.25) is 5.32 Å². The maximum atomic E-state index is 12.8. The summed E-state index contributed by atoms with van der Waals surface area (Å²) in [5.74, 6) is 2.59. The molecule has 7 nitrogen and oxygen atoms in total. The highest BCUT2D eigenvalue weighted by Gasteiger charge is 2.32. The lowest BCUT2D eigenvalue weighted by atomic mass is 10.1. The first-order chi connectivity index (χ1) is 11.8. The summed E-state index contributed by atoms with van der Waals surface area (Å²) in [6, 6.07) is 5.39. The summed E-state index contributed by atoms with van der Waals surface area (Å²) in [4.78, 5) is 14.5. The van der Waals surface area contributed by atoms with Crippen molar-refractivity contribution in [3.8, 4) is 11.5 Å². The molecule has 0 saturated heterocycles. The Labute approximate surface area is 146 Å². The number of fused-ring (bicyclic) bond motifs is 1. The SMILES string of the molecule is COc1ccc2c(c1)OC(C)(C)CN(C(=O)Nc1noc(C)c1C)C2. The van der Waals surface area contributed by atoms with Crippen LogP contribution in [0.15, 0.2) is 22.7 Å². The van der Waals surface area contributed by atoms with E-state index in [0.29, 0.717) is 24.7 Å². The second kappa shape index (κ2) is 6.31. The minimum absolute atomic E-state index is 0.239. The summed E-state index contributed by atoms with van der Waals surface area (Å²) in [7, 11) is 1.62. The Hall–Kier alpha value is -2.70. The first kappa shape index (κ1) is 17.1. The Morgan fingerprint density at radius 3 is 2.76 bits per heavy atom. The molecule has 2 aromatic rings. The van der Waals surface area contributed by atoms with Crippen molar-refractivity contribution in [3.63, 3.8) is 0 Å². The highest BCUT2D eigenvalue weighted by Crippen LogP contribution is 2.33. The molecule has 0 bridgehead atoms. The molecule has 1 aliphatic rings. The molecule has 0 fully saturated rings. The zero-order chi connectivity index (χ0) is 18.2. The van der Waals surface area contributed by atoms with Crippen LogP contribution in [-0.2, 0) is 6.54 Å². The smallest absolute Gasteiger partial charge is 0.323 e. The van der Waals surface area contributed by atoms with Crippen molar-refractivity contribution in [2.75, 3.05) is 19.0 Å². The van der Waals surface area contributed by atoms with Crippen LogP contribution in [0.3, 0.4) is 0 Å². The average Bonchev–Trinajstić information content (AvgIpc) is 2.79. The Morgan fingerprint density at radius 2 is 2.12 bits per heavy atom. The third-order valence-electron chi connectivity index (χ3n) is 4.26. The van der Waals surface area contributed by atoms with Crippen LogP contribution in [-0.4, -0.2) is 35.3 Å². The van der Waals surface area contributed by atoms with E-state index in [9.17, 15) is 4.79 Å². The molecule has 0 saturated carbocycles. The second-order valence-corrected chi connectivity index (χ2v) is 6.83. The molecule has 2 heterocycles. The van der Waals surface area contributed by atoms with Gasteiger partial charge < -0.3 is 18.9 Å². The lowest BCUT2D eigenvalue weighted by Gasteiger charge is -2.29. The van der Waals surface area contributed by atoms with Gasteiger partial charge in [-0.25, -0.2) is 4.79 Å². The Kier molecular flexibility index (Phi) is 4.32. The van der Waals surface area contributed by atoms with Gasteiger partial charge in [0.25, 0.3) is 0 Å². The molecule has 0 radical (unpaired) electrons. The van der Waals surface area contributed by atoms with Gasteiger partial charge in [0.15, 0.2) is 5.82 Å². The highest BCUT2D eigenvalue weighted by molar-refractivity contribution is 5.89. The number of carbonyl (C=O) groups is 1. The Bertz CT molecular complexity index is 798. The number of aryl methyl sites for hydroxylation is 1. The van der Waals surface area contributed by atoms with Gasteiger partial charge in [-0.2, -0.15) is 0 Å². The molecule has 1 N–H and O–H groups in total. The van der Waals surface area contributed by atoms with Gasteiger partial charge in [-0.15, -0.1) is 0 Å². The van der Waals surface area contributed by atoms with Crippen LogP contribution in [0.25, 0.3) is 0 Å². The van der Waals surface area contributed by atoms with Crippen molar-refractivity contribution in [2.24, 2.45) is 0 Å². The minimum Gasteiger partial charge on any atom is -0.497 e. The molecule has 0 spiro atoms. The predicted octanol–water partition coefficient (Wildman–Crippen LogP) is 3.51. The molecule has 2 amide bonds. The van der Waals surface area contributed by atoms with Gasteiger partial charge in [0.05, 0.1) is 20.2 Å². The van der Waals surface area contributed by atoms with Crippen LogP contribution in [0, 0.1) is 13.8 Å². The molecule has 7 heteroatoms. The molecular formula is C18H23N3O4. The molecule has 134 valence electrons. The van der Waals surface area contributed by atoms with Crippen molar-refractivity contribution in [1.29, 1.82) is 0 Å². The van der Waals surface area contributed by atoms with E-state index >= 15 is 0 Å². The van der Waals surface area contributed by atoms with Crippen LogP contribution in [0.5, 0.6) is 11.5 Å². The van der Waals surface area contributed by atoms with E-state index in [4.69, 9.17) is 14.0 Å². The van der Waals surface area contributed by atoms with Gasteiger partial charge >= 0.3 is 6.03 Å². The van der Waals surface area contributed by atoms with E-state index in [2.05, 4.69) is 10.5 Å². The van der Waals surface area contributed by atoms with Crippen LogP contribution in [0.4, 0.5) is 10.6 Å². The quantitative estimate of drug-likeness (QED) is 0.901. The number of benzene rings is 1. The van der Waals surface area contributed by atoms with Crippen LogP contribution in [0.1, 0.15) is 30.7 Å². The monoisotopic (exact) mass is 345 g/mol. The first-order valence-corrected chi connectivity index (χ1v) is 8.14. The number of nitrogens with one attached hydrogen (secondary N) is 1. The molecular weight excluding hydrogens is 322 g/mol. The lowest BCUT2D eigenvalue weighted by Crippen LogP contribution is -2.44. The molecule has 3 rings (SSSR count). The Morgan fingerprint density at radius 1 is 1.36 bits per heavy atom. The van der Waals surface area contributed by atoms with Crippen LogP contribution >= 0.6 is 0 Å². The van der Waals surface area contributed by atoms with Crippen LogP contribution < -0.4 is 14.8 Å². The van der Waals surface area contributed by atoms with Crippen molar-refractivity contribution < 1.29 is 18.8 Å². The normalized spacial score (nSPS) is 15.8. The van der Waals surface area contributed by atoms with E-state index in [1.807, 2.05) is 45.9 Å². The standard InChI is InChI=1S/C18H23N3O4/c1-11-12(2)25-20-16(11)19-17(22)21-9-13-6-7-14(23-5)8-15(13)24-18(3,4)10-21/h6-8H,9-10H2,1-5H3,(H,19,20,22). The molecule has 25 heavy (non-hydrogen) atoms. The summed E-state index contributed by atoms with van der Waals surface area (Å²) in [6.45, 7) is 8.44. The lowest BCUT2D eigenvalue weighted by molar-refractivity contribution is 0.0832. The van der Waals surface area contributed by atoms with E-state index in [1.165, 1.54) is 0 Å². The largest absolute Gasteiger partial charge is 0.497 e. The number of ether oxygens (including phenoxy) is 2. The summed E-state index contributed by atoms with van der Waals surface area (Å²) >= 11 is 0. The molecule has 1 aliphatic heterocycles. The van der Waals surface area contributed by atoms with Crippen LogP contribution in [0.2, 0.25) is 0 Å². The minimum atomic E-state index is -0.538. The molecule has 0 unspecified atom stereocenters. The van der Waals surface area contributed by atoms with E-state index < -0.39 is 5.60 Å². The van der Waals surface area contributed by atoms with Gasteiger partial charge in [0, 0.05) is 17.2 Å². The third kappa shape index (κ3) is 3.55. The van der Waals surface area contributed by atoms with Crippen molar-refractivity contribution in [2.45, 2.75) is 39.8 Å². The second-order valence-electron chi connectivity index (χ2n) is 6.83.